The van der Waals surface area contributed by atoms with Gasteiger partial charge in [-0.05, 0) is 28.4 Å². The minimum absolute atomic E-state index is 0.0122. The molecule has 1 aromatic rings. The second-order valence-corrected chi connectivity index (χ2v) is 7.18. The zero-order valence-corrected chi connectivity index (χ0v) is 13.6. The number of carbonyl (C=O) groups excluding carboxylic acids is 1. The molecule has 0 unspecified atom stereocenters. The fourth-order valence-electron chi connectivity index (χ4n) is 1.27. The van der Waals surface area contributed by atoms with Gasteiger partial charge in [-0.1, -0.05) is 6.92 Å². The van der Waals surface area contributed by atoms with Crippen molar-refractivity contribution >= 4 is 41.6 Å². The molecular formula is C11H12BrClFNO4S. The van der Waals surface area contributed by atoms with E-state index < -0.39 is 19.8 Å². The van der Waals surface area contributed by atoms with Gasteiger partial charge in [-0.3, -0.25) is 4.79 Å². The number of benzene rings is 1. The van der Waals surface area contributed by atoms with Crippen LogP contribution in [0.2, 0.25) is 0 Å². The predicted molar refractivity (Wildman–Crippen MR) is 75.9 cm³/mol. The van der Waals surface area contributed by atoms with E-state index in [1.165, 1.54) is 0 Å². The molecule has 0 bridgehead atoms. The van der Waals surface area contributed by atoms with Crippen LogP contribution in [0.15, 0.2) is 21.5 Å². The fraction of sp³-hybridized carbons (Fsp3) is 0.364. The van der Waals surface area contributed by atoms with Gasteiger partial charge in [0.25, 0.3) is 15.0 Å². The second kappa shape index (κ2) is 7.24. The molecule has 0 atom stereocenters. The van der Waals surface area contributed by atoms with Crippen LogP contribution in [0.25, 0.3) is 0 Å². The van der Waals surface area contributed by atoms with Crippen LogP contribution in [-0.4, -0.2) is 27.5 Å². The number of ether oxygens (including phenoxy) is 1. The van der Waals surface area contributed by atoms with Crippen molar-refractivity contribution in [1.29, 1.82) is 0 Å². The molecule has 112 valence electrons. The topological polar surface area (TPSA) is 72.5 Å². The lowest BCUT2D eigenvalue weighted by atomic mass is 10.3. The van der Waals surface area contributed by atoms with Crippen molar-refractivity contribution in [3.8, 4) is 5.75 Å². The Bertz CT molecular complexity index is 609. The summed E-state index contributed by atoms with van der Waals surface area (Å²) in [6.07, 6.45) is 0.784. The van der Waals surface area contributed by atoms with Crippen molar-refractivity contribution in [1.82, 2.24) is 5.32 Å². The van der Waals surface area contributed by atoms with Crippen molar-refractivity contribution in [2.45, 2.75) is 18.2 Å². The Morgan fingerprint density at radius 2 is 2.15 bits per heavy atom. The molecule has 1 amide bonds. The van der Waals surface area contributed by atoms with Crippen LogP contribution in [-0.2, 0) is 13.8 Å². The van der Waals surface area contributed by atoms with Crippen molar-refractivity contribution in [2.75, 3.05) is 13.2 Å². The molecule has 0 fully saturated rings. The Balaban J connectivity index is 2.83. The molecule has 20 heavy (non-hydrogen) atoms. The highest BCUT2D eigenvalue weighted by atomic mass is 79.9. The Morgan fingerprint density at radius 3 is 2.70 bits per heavy atom. The molecule has 5 nitrogen and oxygen atoms in total. The molecule has 0 aromatic heterocycles. The Kier molecular flexibility index (Phi) is 6.22. The van der Waals surface area contributed by atoms with Crippen LogP contribution in [0, 0.1) is 5.82 Å². The van der Waals surface area contributed by atoms with Gasteiger partial charge >= 0.3 is 0 Å². The number of nitrogens with one attached hydrogen (secondary N) is 1. The quantitative estimate of drug-likeness (QED) is 0.760. The Morgan fingerprint density at radius 1 is 1.50 bits per heavy atom. The molecule has 0 spiro atoms. The molecule has 0 aliphatic heterocycles. The number of halogens is 3. The minimum Gasteiger partial charge on any atom is -0.482 e. The molecule has 9 heteroatoms. The monoisotopic (exact) mass is 387 g/mol. The summed E-state index contributed by atoms with van der Waals surface area (Å²) >= 11 is 3.03. The van der Waals surface area contributed by atoms with E-state index in [9.17, 15) is 17.6 Å². The van der Waals surface area contributed by atoms with Crippen LogP contribution < -0.4 is 10.1 Å². The number of hydrogen-bond donors (Lipinski definition) is 1. The molecule has 1 rings (SSSR count). The SMILES string of the molecule is CCCNC(=O)COc1cc(F)c(S(=O)(=O)Cl)cc1Br. The van der Waals surface area contributed by atoms with Crippen molar-refractivity contribution in [3.63, 3.8) is 0 Å². The first-order valence-electron chi connectivity index (χ1n) is 5.59. The normalized spacial score (nSPS) is 11.2. The molecule has 0 aliphatic carbocycles. The van der Waals surface area contributed by atoms with Gasteiger partial charge in [0.1, 0.15) is 16.5 Å². The van der Waals surface area contributed by atoms with Gasteiger partial charge in [0.2, 0.25) is 0 Å². The summed E-state index contributed by atoms with van der Waals surface area (Å²) in [4.78, 5) is 10.7. The second-order valence-electron chi connectivity index (χ2n) is 3.79. The zero-order chi connectivity index (χ0) is 15.3. The van der Waals surface area contributed by atoms with Crippen LogP contribution in [0.3, 0.4) is 0 Å². The van der Waals surface area contributed by atoms with E-state index in [0.717, 1.165) is 18.6 Å². The minimum atomic E-state index is -4.18. The first-order valence-corrected chi connectivity index (χ1v) is 8.69. The van der Waals surface area contributed by atoms with Crippen LogP contribution in [0.1, 0.15) is 13.3 Å². The van der Waals surface area contributed by atoms with Gasteiger partial charge in [-0.2, -0.15) is 0 Å². The molecule has 0 saturated carbocycles. The first-order chi connectivity index (χ1) is 9.25. The average Bonchev–Trinajstić information content (AvgIpc) is 2.35. The van der Waals surface area contributed by atoms with E-state index in [-0.39, 0.29) is 22.7 Å². The summed E-state index contributed by atoms with van der Waals surface area (Å²) in [7, 11) is 0.896. The number of rotatable bonds is 6. The smallest absolute Gasteiger partial charge is 0.264 e. The molecule has 0 aliphatic rings. The van der Waals surface area contributed by atoms with Crippen molar-refractivity contribution in [2.24, 2.45) is 0 Å². The highest BCUT2D eigenvalue weighted by Gasteiger charge is 2.19. The third kappa shape index (κ3) is 4.92. The van der Waals surface area contributed by atoms with E-state index in [1.807, 2.05) is 6.92 Å². The summed E-state index contributed by atoms with van der Waals surface area (Å²) in [5.41, 5.74) is 0. The summed E-state index contributed by atoms with van der Waals surface area (Å²) in [5.74, 6) is -1.39. The van der Waals surface area contributed by atoms with Crippen molar-refractivity contribution < 1.29 is 22.3 Å². The van der Waals surface area contributed by atoms with E-state index in [2.05, 4.69) is 21.2 Å². The average molecular weight is 389 g/mol. The van der Waals surface area contributed by atoms with Crippen molar-refractivity contribution in [3.05, 3.63) is 22.4 Å². The van der Waals surface area contributed by atoms with Gasteiger partial charge in [-0.15, -0.1) is 0 Å². The maximum atomic E-state index is 13.6. The molecule has 0 radical (unpaired) electrons. The maximum Gasteiger partial charge on any atom is 0.264 e. The highest BCUT2D eigenvalue weighted by molar-refractivity contribution is 9.10. The lowest BCUT2D eigenvalue weighted by Crippen LogP contribution is -2.29. The van der Waals surface area contributed by atoms with E-state index >= 15 is 0 Å². The van der Waals surface area contributed by atoms with Gasteiger partial charge in [0.15, 0.2) is 6.61 Å². The Labute approximate surface area is 129 Å². The molecule has 0 saturated heterocycles. The Hall–Kier alpha value is -0.860. The lowest BCUT2D eigenvalue weighted by molar-refractivity contribution is -0.123. The van der Waals surface area contributed by atoms with Gasteiger partial charge in [0, 0.05) is 23.3 Å². The maximum absolute atomic E-state index is 13.6. The number of amides is 1. The zero-order valence-electron chi connectivity index (χ0n) is 10.5. The summed E-state index contributed by atoms with van der Waals surface area (Å²) in [6.45, 7) is 2.12. The largest absolute Gasteiger partial charge is 0.482 e. The molecule has 1 aromatic carbocycles. The van der Waals surface area contributed by atoms with Crippen LogP contribution in [0.4, 0.5) is 4.39 Å². The standard InChI is InChI=1S/C11H12BrClFNO4S/c1-2-3-15-11(16)6-19-9-5-8(14)10(4-7(9)12)20(13,17)18/h4-5H,2-3,6H2,1H3,(H,15,16). The van der Waals surface area contributed by atoms with Gasteiger partial charge in [0.05, 0.1) is 4.47 Å². The third-order valence-electron chi connectivity index (χ3n) is 2.18. The van der Waals surface area contributed by atoms with Gasteiger partial charge < -0.3 is 10.1 Å². The highest BCUT2D eigenvalue weighted by Crippen LogP contribution is 2.31. The van der Waals surface area contributed by atoms with Crippen LogP contribution in [0.5, 0.6) is 5.75 Å². The van der Waals surface area contributed by atoms with Crippen LogP contribution >= 0.6 is 26.6 Å². The van der Waals surface area contributed by atoms with E-state index in [0.29, 0.717) is 6.54 Å². The lowest BCUT2D eigenvalue weighted by Gasteiger charge is -2.10. The number of carbonyl (C=O) groups is 1. The predicted octanol–water partition coefficient (Wildman–Crippen LogP) is 2.42. The fourth-order valence-corrected chi connectivity index (χ4v) is 2.78. The third-order valence-corrected chi connectivity index (χ3v) is 4.14. The van der Waals surface area contributed by atoms with E-state index in [4.69, 9.17) is 15.4 Å². The molecule has 0 heterocycles. The number of hydrogen-bond acceptors (Lipinski definition) is 4. The van der Waals surface area contributed by atoms with Gasteiger partial charge in [-0.25, -0.2) is 12.8 Å². The first kappa shape index (κ1) is 17.2. The molecular weight excluding hydrogens is 377 g/mol. The molecule has 1 N–H and O–H groups in total. The van der Waals surface area contributed by atoms with E-state index in [1.54, 1.807) is 0 Å². The summed E-state index contributed by atoms with van der Waals surface area (Å²) in [6, 6.07) is 1.84. The summed E-state index contributed by atoms with van der Waals surface area (Å²) < 4.78 is 41.1. The summed E-state index contributed by atoms with van der Waals surface area (Å²) in [5, 5.41) is 2.58.